The summed E-state index contributed by atoms with van der Waals surface area (Å²) in [6.07, 6.45) is 4.33. The van der Waals surface area contributed by atoms with E-state index in [0.29, 0.717) is 5.01 Å². The molecule has 7 nitrogen and oxygen atoms in total. The maximum Gasteiger partial charge on any atom is 0.319 e. The van der Waals surface area contributed by atoms with Crippen LogP contribution in [-0.4, -0.2) is 29.0 Å². The topological polar surface area (TPSA) is 92.4 Å². The maximum atomic E-state index is 13.7. The van der Waals surface area contributed by atoms with Gasteiger partial charge in [-0.05, 0) is 43.0 Å². The summed E-state index contributed by atoms with van der Waals surface area (Å²) < 4.78 is 19.2. The zero-order valence-electron chi connectivity index (χ0n) is 19.6. The molecule has 4 rings (SSSR count). The number of nitrogens with zero attached hydrogens (tertiary/aromatic N) is 1. The molecule has 0 aliphatic heterocycles. The Morgan fingerprint density at radius 1 is 1.06 bits per heavy atom. The minimum absolute atomic E-state index is 0.0753. The number of nitrogens with one attached hydrogen (secondary N) is 3. The standard InChI is InChI=1S/C26H29FN4O3S/c1-2-17-9-3-5-11-19(17)30-26(33)31-21-13-7-6-12-20(21)29-25(32)22-16-35-24(28-22)15-34-23-14-8-4-10-18(23)27/h3-5,8-11,14,16,20-21H,2,6-7,12-13,15H2,1H3,(H,29,32)(H2,30,31,33)/t20-,21-/m1/s1. The quantitative estimate of drug-likeness (QED) is 0.395. The molecule has 0 unspecified atom stereocenters. The molecule has 0 bridgehead atoms. The molecule has 35 heavy (non-hydrogen) atoms. The Morgan fingerprint density at radius 2 is 1.77 bits per heavy atom. The van der Waals surface area contributed by atoms with Gasteiger partial charge < -0.3 is 20.7 Å². The van der Waals surface area contributed by atoms with E-state index in [1.807, 2.05) is 31.2 Å². The van der Waals surface area contributed by atoms with Gasteiger partial charge in [-0.3, -0.25) is 4.79 Å². The second kappa shape index (κ2) is 11.8. The van der Waals surface area contributed by atoms with Crippen molar-refractivity contribution in [3.05, 3.63) is 76.0 Å². The van der Waals surface area contributed by atoms with E-state index >= 15 is 0 Å². The summed E-state index contributed by atoms with van der Waals surface area (Å²) in [5, 5.41) is 11.2. The number of anilines is 1. The molecule has 9 heteroatoms. The molecule has 0 saturated heterocycles. The minimum Gasteiger partial charge on any atom is -0.483 e. The molecule has 0 spiro atoms. The van der Waals surface area contributed by atoms with Gasteiger partial charge >= 0.3 is 6.03 Å². The third-order valence-electron chi connectivity index (χ3n) is 6.02. The SMILES string of the molecule is CCc1ccccc1NC(=O)N[C@@H]1CCCC[C@H]1NC(=O)c1csc(COc2ccccc2F)n1. The van der Waals surface area contributed by atoms with Crippen LogP contribution >= 0.6 is 11.3 Å². The largest absolute Gasteiger partial charge is 0.483 e. The molecule has 1 saturated carbocycles. The molecule has 3 aromatic rings. The van der Waals surface area contributed by atoms with Crippen molar-refractivity contribution in [2.75, 3.05) is 5.32 Å². The number of aromatic nitrogens is 1. The maximum absolute atomic E-state index is 13.7. The predicted octanol–water partition coefficient (Wildman–Crippen LogP) is 5.29. The second-order valence-electron chi connectivity index (χ2n) is 8.43. The van der Waals surface area contributed by atoms with Crippen molar-refractivity contribution < 1.29 is 18.7 Å². The molecule has 3 N–H and O–H groups in total. The summed E-state index contributed by atoms with van der Waals surface area (Å²) in [5.74, 6) is -0.599. The van der Waals surface area contributed by atoms with Gasteiger partial charge in [0, 0.05) is 17.1 Å². The highest BCUT2D eigenvalue weighted by Crippen LogP contribution is 2.22. The number of benzene rings is 2. The first kappa shape index (κ1) is 24.7. The van der Waals surface area contributed by atoms with E-state index in [1.54, 1.807) is 23.6 Å². The smallest absolute Gasteiger partial charge is 0.319 e. The Bertz CT molecular complexity index is 1170. The molecular formula is C26H29FN4O3S. The lowest BCUT2D eigenvalue weighted by atomic mass is 9.90. The lowest BCUT2D eigenvalue weighted by Gasteiger charge is -2.32. The number of rotatable bonds is 8. The zero-order valence-corrected chi connectivity index (χ0v) is 20.4. The van der Waals surface area contributed by atoms with E-state index in [2.05, 4.69) is 20.9 Å². The summed E-state index contributed by atoms with van der Waals surface area (Å²) in [7, 11) is 0. The van der Waals surface area contributed by atoms with Crippen LogP contribution in [0.3, 0.4) is 0 Å². The summed E-state index contributed by atoms with van der Waals surface area (Å²) >= 11 is 1.28. The molecule has 1 aliphatic carbocycles. The number of thiazole rings is 1. The first-order valence-electron chi connectivity index (χ1n) is 11.8. The van der Waals surface area contributed by atoms with Gasteiger partial charge in [-0.1, -0.05) is 50.1 Å². The Hall–Kier alpha value is -3.46. The molecule has 184 valence electrons. The van der Waals surface area contributed by atoms with Crippen LogP contribution in [0.5, 0.6) is 5.75 Å². The monoisotopic (exact) mass is 496 g/mol. The molecule has 1 heterocycles. The van der Waals surface area contributed by atoms with Crippen LogP contribution in [0, 0.1) is 5.82 Å². The van der Waals surface area contributed by atoms with Crippen LogP contribution in [0.15, 0.2) is 53.9 Å². The number of hydrogen-bond acceptors (Lipinski definition) is 5. The predicted molar refractivity (Wildman–Crippen MR) is 134 cm³/mol. The summed E-state index contributed by atoms with van der Waals surface area (Å²) in [5.41, 5.74) is 2.14. The zero-order chi connectivity index (χ0) is 24.6. The van der Waals surface area contributed by atoms with Gasteiger partial charge in [-0.15, -0.1) is 11.3 Å². The van der Waals surface area contributed by atoms with Gasteiger partial charge in [0.15, 0.2) is 11.6 Å². The van der Waals surface area contributed by atoms with Gasteiger partial charge in [-0.2, -0.15) is 0 Å². The van der Waals surface area contributed by atoms with Gasteiger partial charge in [0.2, 0.25) is 0 Å². The number of amides is 3. The van der Waals surface area contributed by atoms with Gasteiger partial charge in [0.1, 0.15) is 17.3 Å². The average molecular weight is 497 g/mol. The lowest BCUT2D eigenvalue weighted by Crippen LogP contribution is -2.54. The van der Waals surface area contributed by atoms with Crippen molar-refractivity contribution >= 4 is 29.0 Å². The number of urea groups is 1. The van der Waals surface area contributed by atoms with Crippen LogP contribution in [0.25, 0.3) is 0 Å². The number of halogens is 1. The van der Waals surface area contributed by atoms with Crippen LogP contribution in [-0.2, 0) is 13.0 Å². The highest BCUT2D eigenvalue weighted by molar-refractivity contribution is 7.09. The number of carbonyl (C=O) groups is 2. The number of aryl methyl sites for hydroxylation is 1. The molecule has 0 radical (unpaired) electrons. The fourth-order valence-electron chi connectivity index (χ4n) is 4.18. The van der Waals surface area contributed by atoms with Crippen LogP contribution in [0.2, 0.25) is 0 Å². The fraction of sp³-hybridized carbons (Fsp3) is 0.346. The Labute approximate surface area is 208 Å². The van der Waals surface area contributed by atoms with E-state index in [4.69, 9.17) is 4.74 Å². The number of carbonyl (C=O) groups excluding carboxylic acids is 2. The van der Waals surface area contributed by atoms with Crippen molar-refractivity contribution in [1.82, 2.24) is 15.6 Å². The normalized spacial score (nSPS) is 17.4. The van der Waals surface area contributed by atoms with Crippen molar-refractivity contribution in [3.8, 4) is 5.75 Å². The Kier molecular flexibility index (Phi) is 8.31. The van der Waals surface area contributed by atoms with E-state index in [1.165, 1.54) is 17.4 Å². The Balaban J connectivity index is 1.33. The van der Waals surface area contributed by atoms with E-state index < -0.39 is 5.82 Å². The molecule has 2 aromatic carbocycles. The summed E-state index contributed by atoms with van der Waals surface area (Å²) in [6, 6.07) is 13.2. The fourth-order valence-corrected chi connectivity index (χ4v) is 4.86. The molecule has 1 fully saturated rings. The highest BCUT2D eigenvalue weighted by atomic mass is 32.1. The molecule has 1 aliphatic rings. The molecule has 3 amide bonds. The third-order valence-corrected chi connectivity index (χ3v) is 6.84. The molecule has 2 atom stereocenters. The second-order valence-corrected chi connectivity index (χ2v) is 9.37. The van der Waals surface area contributed by atoms with Crippen molar-refractivity contribution in [2.45, 2.75) is 57.7 Å². The van der Waals surface area contributed by atoms with E-state index in [9.17, 15) is 14.0 Å². The van der Waals surface area contributed by atoms with Crippen molar-refractivity contribution in [2.24, 2.45) is 0 Å². The lowest BCUT2D eigenvalue weighted by molar-refractivity contribution is 0.0911. The van der Waals surface area contributed by atoms with E-state index in [-0.39, 0.29) is 42.1 Å². The third kappa shape index (κ3) is 6.57. The molecule has 1 aromatic heterocycles. The van der Waals surface area contributed by atoms with Crippen molar-refractivity contribution in [1.29, 1.82) is 0 Å². The van der Waals surface area contributed by atoms with Gasteiger partial charge in [0.05, 0.1) is 6.04 Å². The van der Waals surface area contributed by atoms with Crippen molar-refractivity contribution in [3.63, 3.8) is 0 Å². The van der Waals surface area contributed by atoms with Crippen LogP contribution in [0.4, 0.5) is 14.9 Å². The molecular weight excluding hydrogens is 467 g/mol. The first-order chi connectivity index (χ1) is 17.0. The number of hydrogen-bond donors (Lipinski definition) is 3. The average Bonchev–Trinajstić information content (AvgIpc) is 3.34. The van der Waals surface area contributed by atoms with Crippen LogP contribution in [0.1, 0.15) is 53.7 Å². The number of ether oxygens (including phenoxy) is 1. The highest BCUT2D eigenvalue weighted by Gasteiger charge is 2.29. The van der Waals surface area contributed by atoms with Gasteiger partial charge in [-0.25, -0.2) is 14.2 Å². The Morgan fingerprint density at radius 3 is 2.54 bits per heavy atom. The summed E-state index contributed by atoms with van der Waals surface area (Å²) in [4.78, 5) is 29.9. The minimum atomic E-state index is -0.444. The van der Waals surface area contributed by atoms with Gasteiger partial charge in [0.25, 0.3) is 5.91 Å². The number of para-hydroxylation sites is 2. The first-order valence-corrected chi connectivity index (χ1v) is 12.7. The van der Waals surface area contributed by atoms with E-state index in [0.717, 1.165) is 43.4 Å². The van der Waals surface area contributed by atoms with Crippen LogP contribution < -0.4 is 20.7 Å². The summed E-state index contributed by atoms with van der Waals surface area (Å²) in [6.45, 7) is 2.12.